The summed E-state index contributed by atoms with van der Waals surface area (Å²) in [6.45, 7) is 4.12. The summed E-state index contributed by atoms with van der Waals surface area (Å²) >= 11 is 0. The molecule has 4 aromatic rings. The van der Waals surface area contributed by atoms with Crippen LogP contribution < -0.4 is 10.2 Å². The quantitative estimate of drug-likeness (QED) is 0.409. The van der Waals surface area contributed by atoms with Crippen molar-refractivity contribution in [2.45, 2.75) is 31.8 Å². The van der Waals surface area contributed by atoms with Crippen molar-refractivity contribution >= 4 is 34.4 Å². The summed E-state index contributed by atoms with van der Waals surface area (Å²) in [6, 6.07) is 23.7. The first-order valence-corrected chi connectivity index (χ1v) is 12.1. The third kappa shape index (κ3) is 3.09. The molecule has 6 rings (SSSR count). The molecular weight excluding hydrogens is 452 g/mol. The molecule has 2 aliphatic heterocycles. The summed E-state index contributed by atoms with van der Waals surface area (Å²) in [4.78, 5) is 47.3. The van der Waals surface area contributed by atoms with Crippen LogP contribution in [0.4, 0.5) is 10.5 Å². The number of imide groups is 1. The Bertz CT molecular complexity index is 1530. The van der Waals surface area contributed by atoms with Gasteiger partial charge in [-0.3, -0.25) is 9.59 Å². The highest BCUT2D eigenvalue weighted by atomic mass is 16.2. The number of fused-ring (bicyclic) bond motifs is 5. The number of aromatic nitrogens is 1. The number of nitrogens with one attached hydrogen (secondary N) is 2. The van der Waals surface area contributed by atoms with Gasteiger partial charge in [-0.25, -0.2) is 9.69 Å². The number of carbonyl (C=O) groups excluding carboxylic acids is 3. The molecule has 0 spiro atoms. The van der Waals surface area contributed by atoms with Gasteiger partial charge in [0.1, 0.15) is 0 Å². The lowest BCUT2D eigenvalue weighted by Gasteiger charge is -2.35. The largest absolute Gasteiger partial charge is 0.356 e. The summed E-state index contributed by atoms with van der Waals surface area (Å²) in [5.41, 5.74) is 3.11. The van der Waals surface area contributed by atoms with Crippen molar-refractivity contribution in [2.24, 2.45) is 0 Å². The fraction of sp³-hybridized carbons (Fsp3) is 0.207. The molecule has 0 radical (unpaired) electrons. The average Bonchev–Trinajstić information content (AvgIpc) is 3.38. The highest BCUT2D eigenvalue weighted by Crippen LogP contribution is 2.45. The monoisotopic (exact) mass is 478 g/mol. The molecule has 180 valence electrons. The van der Waals surface area contributed by atoms with Gasteiger partial charge < -0.3 is 15.2 Å². The summed E-state index contributed by atoms with van der Waals surface area (Å²) in [5.74, 6) is -0.708. The summed E-state index contributed by atoms with van der Waals surface area (Å²) in [6.07, 6.45) is 0.651. The number of hydrogen-bond acceptors (Lipinski definition) is 3. The van der Waals surface area contributed by atoms with Crippen molar-refractivity contribution in [1.82, 2.24) is 15.2 Å². The van der Waals surface area contributed by atoms with E-state index in [9.17, 15) is 14.4 Å². The Morgan fingerprint density at radius 1 is 0.972 bits per heavy atom. The molecule has 1 saturated heterocycles. The molecule has 36 heavy (non-hydrogen) atoms. The van der Waals surface area contributed by atoms with E-state index in [1.165, 1.54) is 4.90 Å². The number of para-hydroxylation sites is 2. The van der Waals surface area contributed by atoms with Crippen molar-refractivity contribution in [3.05, 3.63) is 101 Å². The Balaban J connectivity index is 1.38. The first-order chi connectivity index (χ1) is 17.4. The number of urea groups is 1. The van der Waals surface area contributed by atoms with Gasteiger partial charge in [-0.05, 0) is 49.6 Å². The topological polar surface area (TPSA) is 85.5 Å². The highest BCUT2D eigenvalue weighted by Gasteiger charge is 2.59. The van der Waals surface area contributed by atoms with Gasteiger partial charge in [0.25, 0.3) is 11.8 Å². The number of amides is 4. The molecule has 4 amide bonds. The van der Waals surface area contributed by atoms with Crippen molar-refractivity contribution in [3.63, 3.8) is 0 Å². The minimum Gasteiger partial charge on any atom is -0.356 e. The number of rotatable bonds is 4. The number of benzene rings is 3. The Morgan fingerprint density at radius 2 is 1.67 bits per heavy atom. The molecule has 2 unspecified atom stereocenters. The third-order valence-electron chi connectivity index (χ3n) is 7.50. The fourth-order valence-electron chi connectivity index (χ4n) is 5.56. The molecule has 2 aliphatic rings. The van der Waals surface area contributed by atoms with Gasteiger partial charge in [-0.2, -0.15) is 0 Å². The maximum absolute atomic E-state index is 14.0. The van der Waals surface area contributed by atoms with E-state index < -0.39 is 11.6 Å². The lowest BCUT2D eigenvalue weighted by atomic mass is 9.87. The molecule has 3 aromatic carbocycles. The average molecular weight is 479 g/mol. The Hall–Kier alpha value is -4.39. The Kier molecular flexibility index (Phi) is 4.96. The number of carbonyl (C=O) groups is 3. The molecule has 0 bridgehead atoms. The Morgan fingerprint density at radius 3 is 2.47 bits per heavy atom. The smallest absolute Gasteiger partial charge is 0.332 e. The van der Waals surface area contributed by atoms with Crippen LogP contribution in [0.1, 0.15) is 47.1 Å². The van der Waals surface area contributed by atoms with E-state index in [4.69, 9.17) is 0 Å². The zero-order chi connectivity index (χ0) is 25.0. The van der Waals surface area contributed by atoms with E-state index in [-0.39, 0.29) is 23.4 Å². The van der Waals surface area contributed by atoms with Crippen LogP contribution in [0, 0.1) is 0 Å². The van der Waals surface area contributed by atoms with Crippen molar-refractivity contribution < 1.29 is 14.4 Å². The number of hydrogen-bond donors (Lipinski definition) is 2. The SMILES string of the molecule is CC(NC(=O)c1ccccc1N1C(=O)N2CCc3c([nH]c4ccccc34)C2(C)C1=O)c1ccccc1. The van der Waals surface area contributed by atoms with Crippen LogP contribution in [0.3, 0.4) is 0 Å². The maximum atomic E-state index is 14.0. The van der Waals surface area contributed by atoms with Gasteiger partial charge >= 0.3 is 6.03 Å². The fourth-order valence-corrected chi connectivity index (χ4v) is 5.56. The van der Waals surface area contributed by atoms with Gasteiger partial charge in [0.2, 0.25) is 0 Å². The van der Waals surface area contributed by atoms with Crippen LogP contribution in [0.5, 0.6) is 0 Å². The number of anilines is 1. The van der Waals surface area contributed by atoms with E-state index in [2.05, 4.69) is 10.3 Å². The number of nitrogens with zero attached hydrogens (tertiary/aromatic N) is 2. The molecule has 7 nitrogen and oxygen atoms in total. The van der Waals surface area contributed by atoms with Crippen molar-refractivity contribution in [3.8, 4) is 0 Å². The lowest BCUT2D eigenvalue weighted by molar-refractivity contribution is -0.125. The summed E-state index contributed by atoms with van der Waals surface area (Å²) in [5, 5.41) is 4.07. The van der Waals surface area contributed by atoms with Crippen LogP contribution in [0.15, 0.2) is 78.9 Å². The minimum atomic E-state index is -1.18. The minimum absolute atomic E-state index is 0.241. The van der Waals surface area contributed by atoms with Gasteiger partial charge in [-0.15, -0.1) is 0 Å². The molecule has 2 N–H and O–H groups in total. The second kappa shape index (κ2) is 8.09. The molecule has 0 saturated carbocycles. The van der Waals surface area contributed by atoms with E-state index in [1.54, 1.807) is 36.1 Å². The van der Waals surface area contributed by atoms with Gasteiger partial charge in [-0.1, -0.05) is 60.7 Å². The second-order valence-corrected chi connectivity index (χ2v) is 9.54. The van der Waals surface area contributed by atoms with Crippen molar-refractivity contribution in [2.75, 3.05) is 11.4 Å². The van der Waals surface area contributed by atoms with E-state index >= 15 is 0 Å². The number of H-pyrrole nitrogens is 1. The van der Waals surface area contributed by atoms with Gasteiger partial charge in [0.05, 0.1) is 23.0 Å². The predicted octanol–water partition coefficient (Wildman–Crippen LogP) is 4.90. The third-order valence-corrected chi connectivity index (χ3v) is 7.50. The van der Waals surface area contributed by atoms with Crippen molar-refractivity contribution in [1.29, 1.82) is 0 Å². The van der Waals surface area contributed by atoms with Crippen LogP contribution in [-0.4, -0.2) is 34.3 Å². The molecule has 7 heteroatoms. The van der Waals surface area contributed by atoms with Gasteiger partial charge in [0.15, 0.2) is 5.54 Å². The first kappa shape index (κ1) is 22.1. The summed E-state index contributed by atoms with van der Waals surface area (Å²) in [7, 11) is 0. The van der Waals surface area contributed by atoms with Gasteiger partial charge in [0, 0.05) is 17.4 Å². The van der Waals surface area contributed by atoms with Crippen LogP contribution in [-0.2, 0) is 16.8 Å². The molecule has 1 aromatic heterocycles. The van der Waals surface area contributed by atoms with E-state index in [0.29, 0.717) is 18.7 Å². The standard InChI is InChI=1S/C29H26N4O3/c1-18(19-10-4-3-5-11-19)30-26(34)22-13-7-9-15-24(22)33-27(35)29(2)25-21(16-17-32(29)28(33)36)20-12-6-8-14-23(20)31-25/h3-15,18,31H,16-17H2,1-2H3,(H,30,34). The normalized spacial score (nSPS) is 19.8. The highest BCUT2D eigenvalue weighted by molar-refractivity contribution is 6.25. The first-order valence-electron chi connectivity index (χ1n) is 12.1. The zero-order valence-electron chi connectivity index (χ0n) is 20.1. The Labute approximate surface area is 208 Å². The zero-order valence-corrected chi connectivity index (χ0v) is 20.1. The van der Waals surface area contributed by atoms with Crippen LogP contribution >= 0.6 is 0 Å². The van der Waals surface area contributed by atoms with E-state index in [1.807, 2.05) is 61.5 Å². The number of aromatic amines is 1. The molecular formula is C29H26N4O3. The molecule has 3 heterocycles. The second-order valence-electron chi connectivity index (χ2n) is 9.54. The van der Waals surface area contributed by atoms with Crippen LogP contribution in [0.25, 0.3) is 10.9 Å². The van der Waals surface area contributed by atoms with Crippen LogP contribution in [0.2, 0.25) is 0 Å². The predicted molar refractivity (Wildman–Crippen MR) is 138 cm³/mol. The van der Waals surface area contributed by atoms with E-state index in [0.717, 1.165) is 27.7 Å². The lowest BCUT2D eigenvalue weighted by Crippen LogP contribution is -2.49. The molecule has 2 atom stereocenters. The summed E-state index contributed by atoms with van der Waals surface area (Å²) < 4.78 is 0. The molecule has 0 aliphatic carbocycles. The maximum Gasteiger partial charge on any atom is 0.332 e. The molecule has 1 fully saturated rings.